The fraction of sp³-hybridized carbons (Fsp3) is 0.889. The van der Waals surface area contributed by atoms with Crippen LogP contribution in [0.15, 0.2) is 0 Å². The number of aliphatic hydroxyl groups excluding tert-OH is 1. The minimum absolute atomic E-state index is 0. The van der Waals surface area contributed by atoms with Crippen LogP contribution >= 0.6 is 0 Å². The van der Waals surface area contributed by atoms with Crippen LogP contribution in [0.25, 0.3) is 0 Å². The summed E-state index contributed by atoms with van der Waals surface area (Å²) in [4.78, 5) is 62.2. The number of hydrogen-bond donors (Lipinski definition) is 2. The summed E-state index contributed by atoms with van der Waals surface area (Å²) in [5.41, 5.74) is -9.64. The van der Waals surface area contributed by atoms with Gasteiger partial charge in [-0.2, -0.15) is 16.8 Å². The van der Waals surface area contributed by atoms with E-state index in [4.69, 9.17) is 77.8 Å². The fourth-order valence-electron chi connectivity index (χ4n) is 9.05. The molecule has 0 saturated carbocycles. The zero-order valence-corrected chi connectivity index (χ0v) is 56.3. The fourth-order valence-corrected chi connectivity index (χ4v) is 11.2. The van der Waals surface area contributed by atoms with Crippen LogP contribution < -0.4 is 5.26 Å². The highest BCUT2D eigenvalue weighted by Gasteiger charge is 2.63. The van der Waals surface area contributed by atoms with Gasteiger partial charge in [0.2, 0.25) is 22.5 Å². The molecule has 0 aliphatic carbocycles. The number of halogens is 2. The topological polar surface area (TPSA) is 393 Å². The van der Waals surface area contributed by atoms with Gasteiger partial charge in [-0.25, -0.2) is 50.2 Å². The molecule has 7 fully saturated rings. The van der Waals surface area contributed by atoms with E-state index in [0.717, 1.165) is 6.92 Å². The van der Waals surface area contributed by atoms with E-state index in [-0.39, 0.29) is 79.7 Å². The largest absolute Gasteiger partial charge is 0.692 e. The lowest BCUT2D eigenvalue weighted by Crippen LogP contribution is -2.54. The molecule has 528 valence electrons. The molecule has 0 amide bonds. The maximum absolute atomic E-state index is 14.5. The van der Waals surface area contributed by atoms with Crippen molar-refractivity contribution < 1.29 is 153 Å². The number of cyclic esters (lactones) is 1. The third-order valence-electron chi connectivity index (χ3n) is 13.9. The molecule has 6 unspecified atom stereocenters. The van der Waals surface area contributed by atoms with Gasteiger partial charge in [-0.1, -0.05) is 21.3 Å². The molecule has 36 heteroatoms. The van der Waals surface area contributed by atoms with E-state index in [2.05, 4.69) is 27.2 Å². The number of alkyl halides is 2. The van der Waals surface area contributed by atoms with Gasteiger partial charge in [-0.3, -0.25) is 9.22 Å². The molecule has 2 N–H and O–H groups in total. The Kier molecular flexibility index (Phi) is 33.4. The summed E-state index contributed by atoms with van der Waals surface area (Å²) in [6.45, 7) is 30.5. The second-order valence-corrected chi connectivity index (χ2v) is 24.8. The molecule has 16 atom stereocenters. The number of carbonyl (C=O) groups excluding carboxylic acids is 5. The number of carbonyl (C=O) groups is 5. The maximum atomic E-state index is 14.5. The van der Waals surface area contributed by atoms with Gasteiger partial charge in [-0.15, -0.1) is 0 Å². The highest BCUT2D eigenvalue weighted by Crippen LogP contribution is 2.41. The maximum Gasteiger partial charge on any atom is 0.401 e. The SMILES string of the molecule is C.CCOC(=O)[C@@](C)(O)[C@H](O)C1COC(C)(C)O1.CCOC(=O)[C@@]1(C)OS(=O)(=O)O[C@@H]1C1COC(C)(C)O1.CCOC(=O)[C@@]1(C)OS(=O)O[C@@H]1C1COC(C)(C)O1.CCOC(=O)[C@](C)(F)[C@H](OO[O-])C1COC(C)(C)O1.CC[C@H]1OC(=O)[C@](C)(F)C1C.O=S.[CH3+]. The summed E-state index contributed by atoms with van der Waals surface area (Å²) >= 11 is 0.830. The Bertz CT molecular complexity index is 2450. The van der Waals surface area contributed by atoms with Crippen LogP contribution in [-0.4, -0.2) is 216 Å². The molecular weight excluding hydrogens is 1280 g/mol. The van der Waals surface area contributed by atoms with Gasteiger partial charge < -0.3 is 77.0 Å². The van der Waals surface area contributed by atoms with Crippen LogP contribution in [0.1, 0.15) is 145 Å². The van der Waals surface area contributed by atoms with Crippen LogP contribution in [0, 0.1) is 13.3 Å². The van der Waals surface area contributed by atoms with Gasteiger partial charge in [0.15, 0.2) is 47.4 Å². The molecule has 90 heavy (non-hydrogen) atoms. The first-order valence-corrected chi connectivity index (χ1v) is 30.5. The Morgan fingerprint density at radius 1 is 0.711 bits per heavy atom. The van der Waals surface area contributed by atoms with Crippen molar-refractivity contribution in [2.45, 2.75) is 252 Å². The van der Waals surface area contributed by atoms with E-state index in [9.17, 15) is 60.9 Å². The molecule has 7 aliphatic rings. The standard InChI is InChI=1S/C11H19FO7.C11H18O8S.C11H18O7S.C11H20O6.C8H13FO2.CH4.CH3.OS/c1-5-15-9(13)11(4,12)8(18-19-14)7-6-16-10(2,3)17-7;1-5-15-9(12)11(4)8(18-20(13,14)19-11)7-6-16-10(2,3)17-7;1-5-14-9(12)11(4)8(17-19(13)18-11)7-6-15-10(2,3)16-7;1-5-15-9(13)11(4,14)8(12)7-6-16-10(2,3)17-7;1-4-6-5(2)8(3,9)7(10)11-6;;;1-2/h7-8,14H,5-6H2,1-4H3;7-8H,5-6H2,1-4H3;7-8H,5-6H2,1-4H3;7-8,12,14H,5-6H2,1-4H3;5-6H,4H2,1-3H3;1H4;1H3;/q;;;;;;+1;/p-1/t7?,8-,11-;7?,8-,11+;7?,8-,11+,19?;7?,8-,11+;5?,6-,8-;;;/m11111.../s1. The summed E-state index contributed by atoms with van der Waals surface area (Å²) in [5, 5.41) is 33.3. The lowest BCUT2D eigenvalue weighted by molar-refractivity contribution is -0.807. The first-order chi connectivity index (χ1) is 40.3. The minimum Gasteiger partial charge on any atom is -0.692 e. The lowest BCUT2D eigenvalue weighted by atomic mass is 9.90. The number of hydrogen-bond acceptors (Lipinski definition) is 32. The molecule has 31 nitrogen and oxygen atoms in total. The van der Waals surface area contributed by atoms with E-state index in [1.165, 1.54) is 34.6 Å². The average Bonchev–Trinajstić information content (AvgIpc) is 1.61. The van der Waals surface area contributed by atoms with Crippen LogP contribution in [0.4, 0.5) is 8.78 Å². The van der Waals surface area contributed by atoms with Crippen LogP contribution in [0.3, 0.4) is 0 Å². The van der Waals surface area contributed by atoms with E-state index < -0.39 is 152 Å². The second kappa shape index (κ2) is 34.8. The summed E-state index contributed by atoms with van der Waals surface area (Å²) in [7, 11) is -4.28. The molecule has 7 heterocycles. The second-order valence-electron chi connectivity index (χ2n) is 22.8. The van der Waals surface area contributed by atoms with E-state index in [1.807, 2.05) is 6.92 Å². The van der Waals surface area contributed by atoms with Gasteiger partial charge in [-0.05, 0) is 124 Å². The van der Waals surface area contributed by atoms with Gasteiger partial charge in [0.1, 0.15) is 48.8 Å². The molecule has 0 radical (unpaired) electrons. The van der Waals surface area contributed by atoms with Crippen LogP contribution in [0.2, 0.25) is 0 Å². The van der Waals surface area contributed by atoms with Crippen molar-refractivity contribution in [2.24, 2.45) is 5.92 Å². The van der Waals surface area contributed by atoms with Crippen molar-refractivity contribution in [3.8, 4) is 0 Å². The minimum atomic E-state index is -4.28. The number of aliphatic hydroxyl groups is 2. The molecule has 0 aromatic carbocycles. The first kappa shape index (κ1) is 86.5. The monoisotopic (exact) mass is 1370 g/mol. The molecule has 0 bridgehead atoms. The van der Waals surface area contributed by atoms with Gasteiger partial charge >= 0.3 is 51.6 Å². The highest BCUT2D eigenvalue weighted by atomic mass is 32.3. The van der Waals surface area contributed by atoms with Gasteiger partial charge in [0.25, 0.3) is 0 Å². The highest BCUT2D eigenvalue weighted by molar-refractivity contribution is 7.82. The predicted molar refractivity (Wildman–Crippen MR) is 304 cm³/mol. The van der Waals surface area contributed by atoms with Crippen molar-refractivity contribution in [2.75, 3.05) is 52.9 Å². The van der Waals surface area contributed by atoms with Crippen LogP contribution in [0.5, 0.6) is 0 Å². The third kappa shape index (κ3) is 22.6. The van der Waals surface area contributed by atoms with Crippen LogP contribution in [-0.2, 0) is 147 Å². The Hall–Kier alpha value is -3.48. The Morgan fingerprint density at radius 3 is 1.49 bits per heavy atom. The Labute approximate surface area is 533 Å². The van der Waals surface area contributed by atoms with Gasteiger partial charge in [0.05, 0.1) is 52.9 Å². The molecule has 7 saturated heterocycles. The molecule has 0 spiro atoms. The summed E-state index contributed by atoms with van der Waals surface area (Å²) in [5.74, 6) is -7.94. The number of ether oxygens (including phenoxy) is 13. The zero-order chi connectivity index (χ0) is 68.0. The van der Waals surface area contributed by atoms with Crippen molar-refractivity contribution in [1.29, 1.82) is 0 Å². The molecule has 0 aromatic heterocycles. The summed E-state index contributed by atoms with van der Waals surface area (Å²) in [6, 6.07) is 0. The zero-order valence-electron chi connectivity index (χ0n) is 53.9. The van der Waals surface area contributed by atoms with Gasteiger partial charge in [0, 0.05) is 13.3 Å². The summed E-state index contributed by atoms with van der Waals surface area (Å²) in [6.07, 6.45) is -7.57. The first-order valence-electron chi connectivity index (χ1n) is 27.8. The van der Waals surface area contributed by atoms with E-state index in [1.54, 1.807) is 83.1 Å². The normalized spacial score (nSPS) is 33.8. The van der Waals surface area contributed by atoms with Crippen molar-refractivity contribution in [1.82, 2.24) is 0 Å². The quantitative estimate of drug-likeness (QED) is 0.0695. The van der Waals surface area contributed by atoms with Crippen molar-refractivity contribution >= 4 is 64.1 Å². The molecule has 7 aliphatic heterocycles. The van der Waals surface area contributed by atoms with E-state index in [0.29, 0.717) is 6.42 Å². The Balaban J connectivity index is 0.00000110. The lowest BCUT2D eigenvalue weighted by Gasteiger charge is -2.31. The average molecular weight is 1370 g/mol. The third-order valence-corrected chi connectivity index (χ3v) is 15.8. The predicted octanol–water partition coefficient (Wildman–Crippen LogP) is 2.84. The Morgan fingerprint density at radius 2 is 1.12 bits per heavy atom. The molecular formula is C54H94F2O31S3. The molecule has 7 rings (SSSR count). The summed E-state index contributed by atoms with van der Waals surface area (Å²) < 4.78 is 157. The van der Waals surface area contributed by atoms with Crippen molar-refractivity contribution in [3.63, 3.8) is 0 Å². The molecule has 0 aromatic rings. The smallest absolute Gasteiger partial charge is 0.401 e. The number of esters is 5. The number of rotatable bonds is 17. The van der Waals surface area contributed by atoms with E-state index >= 15 is 0 Å². The van der Waals surface area contributed by atoms with Crippen molar-refractivity contribution in [3.05, 3.63) is 7.43 Å².